The summed E-state index contributed by atoms with van der Waals surface area (Å²) in [5.41, 5.74) is 3.99. The van der Waals surface area contributed by atoms with E-state index in [4.69, 9.17) is 0 Å². The molecular weight excluding hydrogens is 478 g/mol. The van der Waals surface area contributed by atoms with E-state index in [2.05, 4.69) is 73.0 Å². The molecule has 6 heteroatoms. The van der Waals surface area contributed by atoms with E-state index in [1.807, 2.05) is 39.8 Å². The molecule has 0 aliphatic carbocycles. The Morgan fingerprint density at radius 3 is 0.833 bits per heavy atom. The van der Waals surface area contributed by atoms with Gasteiger partial charge in [0.15, 0.2) is 0 Å². The van der Waals surface area contributed by atoms with Crippen molar-refractivity contribution < 1.29 is 39.0 Å². The fourth-order valence-corrected chi connectivity index (χ4v) is 1.04. The molecule has 0 aliphatic rings. The maximum absolute atomic E-state index is 3.77. The maximum atomic E-state index is 3.77. The number of rotatable bonds is 0. The summed E-state index contributed by atoms with van der Waals surface area (Å²) in [4.78, 5) is 0. The van der Waals surface area contributed by atoms with Gasteiger partial charge in [0.2, 0.25) is 0 Å². The first-order valence-corrected chi connectivity index (χ1v) is 6.45. The van der Waals surface area contributed by atoms with Gasteiger partial charge >= 0.3 is 0 Å². The van der Waals surface area contributed by atoms with Crippen molar-refractivity contribution in [2.45, 2.75) is 27.7 Å². The van der Waals surface area contributed by atoms with Crippen molar-refractivity contribution in [3.05, 3.63) is 87.5 Å². The van der Waals surface area contributed by atoms with Crippen LogP contribution in [0.25, 0.3) is 0 Å². The van der Waals surface area contributed by atoms with Gasteiger partial charge in [0, 0.05) is 50.3 Å². The minimum absolute atomic E-state index is 0. The molecule has 2 aromatic rings. The number of aromatic nitrogens is 4. The SMILES string of the molecule is C=C.C=C.C=C.C=C.Cc1cc(C)[n-]n1.Cc1cc(C)[n-]n1.[Rh].[Rh]. The summed E-state index contributed by atoms with van der Waals surface area (Å²) in [5.74, 6) is 0. The molecule has 2 rings (SSSR count). The molecular formula is C18H30N4Rh2-2. The van der Waals surface area contributed by atoms with Crippen molar-refractivity contribution in [1.29, 1.82) is 0 Å². The van der Waals surface area contributed by atoms with Gasteiger partial charge in [-0.2, -0.15) is 0 Å². The molecule has 2 aromatic heterocycles. The molecule has 2 heterocycles. The molecule has 0 unspecified atom stereocenters. The van der Waals surface area contributed by atoms with Gasteiger partial charge < -0.3 is 20.4 Å². The van der Waals surface area contributed by atoms with Gasteiger partial charge in [-0.05, 0) is 13.8 Å². The van der Waals surface area contributed by atoms with Crippen molar-refractivity contribution in [1.82, 2.24) is 20.4 Å². The molecule has 0 saturated heterocycles. The second-order valence-corrected chi connectivity index (χ2v) is 3.25. The van der Waals surface area contributed by atoms with E-state index >= 15 is 0 Å². The predicted molar refractivity (Wildman–Crippen MR) is 99.1 cm³/mol. The van der Waals surface area contributed by atoms with Gasteiger partial charge in [0.1, 0.15) is 0 Å². The van der Waals surface area contributed by atoms with Gasteiger partial charge in [-0.1, -0.05) is 26.0 Å². The largest absolute Gasteiger partial charge is 0.579 e. The fourth-order valence-electron chi connectivity index (χ4n) is 1.04. The average Bonchev–Trinajstić information content (AvgIpc) is 3.15. The van der Waals surface area contributed by atoms with E-state index in [9.17, 15) is 0 Å². The van der Waals surface area contributed by atoms with Crippen LogP contribution in [0.5, 0.6) is 0 Å². The van der Waals surface area contributed by atoms with Crippen LogP contribution in [0.3, 0.4) is 0 Å². The van der Waals surface area contributed by atoms with Crippen LogP contribution in [0, 0.1) is 27.7 Å². The molecule has 0 atom stereocenters. The van der Waals surface area contributed by atoms with Gasteiger partial charge in [-0.3, -0.25) is 0 Å². The van der Waals surface area contributed by atoms with Gasteiger partial charge in [-0.25, -0.2) is 0 Å². The maximum Gasteiger partial charge on any atom is 0.0131 e. The molecule has 2 radical (unpaired) electrons. The predicted octanol–water partition coefficient (Wildman–Crippen LogP) is 4.52. The van der Waals surface area contributed by atoms with Crippen LogP contribution >= 0.6 is 0 Å². The van der Waals surface area contributed by atoms with Crippen molar-refractivity contribution in [3.63, 3.8) is 0 Å². The molecule has 0 bridgehead atoms. The Morgan fingerprint density at radius 2 is 0.792 bits per heavy atom. The summed E-state index contributed by atoms with van der Waals surface area (Å²) in [6.45, 7) is 31.7. The van der Waals surface area contributed by atoms with E-state index < -0.39 is 0 Å². The smallest absolute Gasteiger partial charge is 0.0131 e. The first kappa shape index (κ1) is 38.3. The molecule has 0 spiro atoms. The molecule has 0 amide bonds. The van der Waals surface area contributed by atoms with Crippen molar-refractivity contribution in [2.24, 2.45) is 0 Å². The zero-order valence-electron chi connectivity index (χ0n) is 15.3. The molecule has 0 aromatic carbocycles. The van der Waals surface area contributed by atoms with E-state index in [-0.39, 0.29) is 39.0 Å². The van der Waals surface area contributed by atoms with E-state index in [0.29, 0.717) is 0 Å². The summed E-state index contributed by atoms with van der Waals surface area (Å²) in [5, 5.41) is 15.1. The summed E-state index contributed by atoms with van der Waals surface area (Å²) in [6, 6.07) is 3.89. The van der Waals surface area contributed by atoms with Crippen LogP contribution in [0.1, 0.15) is 22.8 Å². The summed E-state index contributed by atoms with van der Waals surface area (Å²) in [6.07, 6.45) is 0. The Labute approximate surface area is 174 Å². The third-order valence-corrected chi connectivity index (χ3v) is 1.57. The summed E-state index contributed by atoms with van der Waals surface area (Å²) in [7, 11) is 0. The number of nitrogens with zero attached hydrogens (tertiary/aromatic N) is 4. The number of aryl methyl sites for hydroxylation is 4. The van der Waals surface area contributed by atoms with Crippen molar-refractivity contribution in [3.8, 4) is 0 Å². The topological polar surface area (TPSA) is 54.0 Å². The Kier molecular flexibility index (Phi) is 53.1. The fraction of sp³-hybridized carbons (Fsp3) is 0.222. The second-order valence-electron chi connectivity index (χ2n) is 3.25. The molecule has 4 nitrogen and oxygen atoms in total. The zero-order valence-corrected chi connectivity index (χ0v) is 18.5. The average molecular weight is 508 g/mol. The molecule has 0 saturated carbocycles. The first-order chi connectivity index (χ1) is 10.6. The van der Waals surface area contributed by atoms with E-state index in [1.165, 1.54) is 0 Å². The second kappa shape index (κ2) is 33.3. The first-order valence-electron chi connectivity index (χ1n) is 6.45. The molecule has 0 fully saturated rings. The van der Waals surface area contributed by atoms with Gasteiger partial charge in [0.25, 0.3) is 0 Å². The van der Waals surface area contributed by atoms with Crippen LogP contribution in [-0.4, -0.2) is 10.2 Å². The van der Waals surface area contributed by atoms with Crippen LogP contribution in [0.4, 0.5) is 0 Å². The molecule has 24 heavy (non-hydrogen) atoms. The minimum Gasteiger partial charge on any atom is -0.579 e. The van der Waals surface area contributed by atoms with Crippen LogP contribution in [0.15, 0.2) is 64.8 Å². The Bertz CT molecular complexity index is 374. The third kappa shape index (κ3) is 28.7. The number of hydrogen-bond acceptors (Lipinski definition) is 2. The zero-order chi connectivity index (χ0) is 18.6. The quantitative estimate of drug-likeness (QED) is 0.388. The number of hydrogen-bond donors (Lipinski definition) is 0. The van der Waals surface area contributed by atoms with Gasteiger partial charge in [0.05, 0.1) is 0 Å². The van der Waals surface area contributed by atoms with Crippen LogP contribution in [-0.2, 0) is 39.0 Å². The van der Waals surface area contributed by atoms with E-state index in [1.54, 1.807) is 0 Å². The third-order valence-electron chi connectivity index (χ3n) is 1.57. The Hall–Kier alpha value is -1.37. The standard InChI is InChI=1S/2C5H7N2.4C2H4.2Rh/c2*1-4-3-5(2)7-6-4;4*1-2;;/h2*3H,1-2H3;4*1-2H2;;/q2*-1;;;;;;. The Morgan fingerprint density at radius 1 is 0.583 bits per heavy atom. The molecule has 142 valence electrons. The molecule has 0 N–H and O–H groups in total. The molecule has 0 aliphatic heterocycles. The normalized spacial score (nSPS) is 6.17. The summed E-state index contributed by atoms with van der Waals surface area (Å²) >= 11 is 0. The van der Waals surface area contributed by atoms with Crippen molar-refractivity contribution in [2.75, 3.05) is 0 Å². The monoisotopic (exact) mass is 508 g/mol. The van der Waals surface area contributed by atoms with Crippen molar-refractivity contribution >= 4 is 0 Å². The van der Waals surface area contributed by atoms with Crippen LogP contribution in [0.2, 0.25) is 0 Å². The minimum atomic E-state index is 0. The Balaban J connectivity index is -0.0000000452. The van der Waals surface area contributed by atoms with E-state index in [0.717, 1.165) is 22.8 Å². The van der Waals surface area contributed by atoms with Crippen LogP contribution < -0.4 is 10.2 Å². The van der Waals surface area contributed by atoms with Gasteiger partial charge in [-0.15, -0.1) is 64.0 Å². The summed E-state index contributed by atoms with van der Waals surface area (Å²) < 4.78 is 0.